The van der Waals surface area contributed by atoms with Gasteiger partial charge in [0.25, 0.3) is 11.7 Å². The van der Waals surface area contributed by atoms with Crippen molar-refractivity contribution in [3.05, 3.63) is 99.6 Å². The summed E-state index contributed by atoms with van der Waals surface area (Å²) >= 11 is 6.10. The van der Waals surface area contributed by atoms with Crippen LogP contribution in [0.5, 0.6) is 11.5 Å². The van der Waals surface area contributed by atoms with Gasteiger partial charge in [0.2, 0.25) is 0 Å². The second-order valence-corrected chi connectivity index (χ2v) is 9.41. The predicted molar refractivity (Wildman–Crippen MR) is 139 cm³/mol. The average Bonchev–Trinajstić information content (AvgIpc) is 3.10. The van der Waals surface area contributed by atoms with E-state index in [0.29, 0.717) is 27.6 Å². The highest BCUT2D eigenvalue weighted by molar-refractivity contribution is 6.46. The van der Waals surface area contributed by atoms with Crippen molar-refractivity contribution in [3.63, 3.8) is 0 Å². The van der Waals surface area contributed by atoms with Crippen LogP contribution >= 0.6 is 11.6 Å². The molecule has 7 heteroatoms. The molecule has 1 aliphatic heterocycles. The van der Waals surface area contributed by atoms with Gasteiger partial charge in [-0.05, 0) is 79.9 Å². The van der Waals surface area contributed by atoms with Crippen molar-refractivity contribution in [1.82, 2.24) is 4.90 Å². The molecule has 0 saturated carbocycles. The summed E-state index contributed by atoms with van der Waals surface area (Å²) in [6.07, 6.45) is -0.00340. The first-order valence-corrected chi connectivity index (χ1v) is 12.0. The van der Waals surface area contributed by atoms with E-state index in [2.05, 4.69) is 0 Å². The number of methoxy groups -OCH3 is 1. The summed E-state index contributed by atoms with van der Waals surface area (Å²) in [6.45, 7) is 5.92. The Morgan fingerprint density at radius 2 is 1.69 bits per heavy atom. The third kappa shape index (κ3) is 5.09. The first kappa shape index (κ1) is 25.3. The molecule has 1 N–H and O–H groups in total. The molecule has 6 nitrogen and oxygen atoms in total. The topological polar surface area (TPSA) is 76.1 Å². The van der Waals surface area contributed by atoms with Crippen LogP contribution in [-0.4, -0.2) is 34.9 Å². The molecule has 1 amide bonds. The molecule has 1 atom stereocenters. The lowest BCUT2D eigenvalue weighted by Gasteiger charge is -2.25. The largest absolute Gasteiger partial charge is 0.507 e. The quantitative estimate of drug-likeness (QED) is 0.240. The highest BCUT2D eigenvalue weighted by Crippen LogP contribution is 2.41. The van der Waals surface area contributed by atoms with Crippen LogP contribution in [-0.2, 0) is 16.1 Å². The summed E-state index contributed by atoms with van der Waals surface area (Å²) in [6, 6.07) is 18.6. The number of hydrogen-bond acceptors (Lipinski definition) is 5. The predicted octanol–water partition coefficient (Wildman–Crippen LogP) is 6.07. The van der Waals surface area contributed by atoms with Gasteiger partial charge in [-0.2, -0.15) is 0 Å². The number of likely N-dealkylation sites (tertiary alicyclic amines) is 1. The van der Waals surface area contributed by atoms with Crippen LogP contribution in [0.2, 0.25) is 5.02 Å². The minimum atomic E-state index is -0.781. The maximum Gasteiger partial charge on any atom is 0.295 e. The number of halogens is 1. The van der Waals surface area contributed by atoms with Crippen molar-refractivity contribution < 1.29 is 24.2 Å². The third-order valence-electron chi connectivity index (χ3n) is 6.05. The molecule has 1 heterocycles. The van der Waals surface area contributed by atoms with Gasteiger partial charge in [-0.3, -0.25) is 9.59 Å². The lowest BCUT2D eigenvalue weighted by atomic mass is 9.94. The van der Waals surface area contributed by atoms with E-state index in [-0.39, 0.29) is 24.0 Å². The Morgan fingerprint density at radius 3 is 2.28 bits per heavy atom. The van der Waals surface area contributed by atoms with Crippen LogP contribution in [0.25, 0.3) is 5.76 Å². The number of Topliss-reactive ketones (excluding diaryl/α,β-unsaturated/α-hetero) is 1. The number of ether oxygens (including phenoxy) is 2. The monoisotopic (exact) mass is 505 g/mol. The molecular weight excluding hydrogens is 478 g/mol. The normalized spacial score (nSPS) is 17.1. The number of hydrogen-bond donors (Lipinski definition) is 1. The molecular formula is C29H28ClNO5. The summed E-state index contributed by atoms with van der Waals surface area (Å²) in [5, 5.41) is 11.9. The zero-order valence-corrected chi connectivity index (χ0v) is 21.4. The molecule has 0 aromatic heterocycles. The molecule has 1 aliphatic rings. The van der Waals surface area contributed by atoms with Crippen LogP contribution < -0.4 is 9.47 Å². The fourth-order valence-corrected chi connectivity index (χ4v) is 4.43. The van der Waals surface area contributed by atoms with Crippen molar-refractivity contribution in [2.45, 2.75) is 39.5 Å². The molecule has 1 unspecified atom stereocenters. The highest BCUT2D eigenvalue weighted by atomic mass is 35.5. The van der Waals surface area contributed by atoms with Crippen molar-refractivity contribution in [3.8, 4) is 11.5 Å². The summed E-state index contributed by atoms with van der Waals surface area (Å²) in [7, 11) is 1.58. The van der Waals surface area contributed by atoms with Crippen LogP contribution in [0.1, 0.15) is 42.1 Å². The molecule has 0 radical (unpaired) electrons. The van der Waals surface area contributed by atoms with Crippen LogP contribution in [0.3, 0.4) is 0 Å². The number of nitrogens with zero attached hydrogens (tertiary/aromatic N) is 1. The first-order chi connectivity index (χ1) is 17.2. The van der Waals surface area contributed by atoms with Gasteiger partial charge in [-0.1, -0.05) is 35.9 Å². The Kier molecular flexibility index (Phi) is 7.36. The summed E-state index contributed by atoms with van der Waals surface area (Å²) in [4.78, 5) is 28.0. The standard InChI is InChI=1S/C29H28ClNO5/c1-17(2)36-24-14-9-21(15-18(24)3)27(32)25-26(20-7-10-22(30)11-8-20)31(29(34)28(25)33)16-19-5-12-23(35-4)13-6-19/h5-15,17,26,32H,16H2,1-4H3/b27-25-. The number of rotatable bonds is 7. The molecule has 0 bridgehead atoms. The summed E-state index contributed by atoms with van der Waals surface area (Å²) < 4.78 is 11.0. The van der Waals surface area contributed by atoms with Crippen LogP contribution in [0, 0.1) is 6.92 Å². The van der Waals surface area contributed by atoms with E-state index in [1.165, 1.54) is 4.90 Å². The van der Waals surface area contributed by atoms with E-state index in [9.17, 15) is 14.7 Å². The summed E-state index contributed by atoms with van der Waals surface area (Å²) in [5.41, 5.74) is 2.77. The molecule has 1 saturated heterocycles. The van der Waals surface area contributed by atoms with Gasteiger partial charge in [-0.25, -0.2) is 0 Å². The first-order valence-electron chi connectivity index (χ1n) is 11.6. The Morgan fingerprint density at radius 1 is 1.03 bits per heavy atom. The van der Waals surface area contributed by atoms with Gasteiger partial charge in [0, 0.05) is 17.1 Å². The van der Waals surface area contributed by atoms with Gasteiger partial charge in [0.05, 0.1) is 24.8 Å². The molecule has 36 heavy (non-hydrogen) atoms. The van der Waals surface area contributed by atoms with Crippen molar-refractivity contribution in [1.29, 1.82) is 0 Å². The Bertz CT molecular complexity index is 1310. The van der Waals surface area contributed by atoms with Gasteiger partial charge in [-0.15, -0.1) is 0 Å². The second kappa shape index (κ2) is 10.5. The maximum atomic E-state index is 13.3. The lowest BCUT2D eigenvalue weighted by Crippen LogP contribution is -2.29. The van der Waals surface area contributed by atoms with E-state index in [1.54, 1.807) is 61.7 Å². The van der Waals surface area contributed by atoms with Gasteiger partial charge in [0.15, 0.2) is 0 Å². The van der Waals surface area contributed by atoms with Gasteiger partial charge < -0.3 is 19.5 Å². The number of amides is 1. The Hall–Kier alpha value is -3.77. The van der Waals surface area contributed by atoms with E-state index in [0.717, 1.165) is 11.1 Å². The molecule has 0 aliphatic carbocycles. The number of aryl methyl sites for hydroxylation is 1. The van der Waals surface area contributed by atoms with E-state index >= 15 is 0 Å². The zero-order chi connectivity index (χ0) is 26.0. The molecule has 3 aromatic rings. The average molecular weight is 506 g/mol. The number of benzene rings is 3. The third-order valence-corrected chi connectivity index (χ3v) is 6.30. The number of carbonyl (C=O) groups excluding carboxylic acids is 2. The van der Waals surface area contributed by atoms with Crippen LogP contribution in [0.4, 0.5) is 0 Å². The smallest absolute Gasteiger partial charge is 0.295 e. The van der Waals surface area contributed by atoms with Crippen molar-refractivity contribution >= 4 is 29.1 Å². The maximum absolute atomic E-state index is 13.3. The van der Waals surface area contributed by atoms with E-state index in [1.807, 2.05) is 32.9 Å². The second-order valence-electron chi connectivity index (χ2n) is 8.97. The van der Waals surface area contributed by atoms with Crippen molar-refractivity contribution in [2.75, 3.05) is 7.11 Å². The van der Waals surface area contributed by atoms with Gasteiger partial charge in [0.1, 0.15) is 17.3 Å². The minimum absolute atomic E-state index is 0.00340. The van der Waals surface area contributed by atoms with Gasteiger partial charge >= 0.3 is 0 Å². The molecule has 186 valence electrons. The SMILES string of the molecule is COc1ccc(CN2C(=O)C(=O)/C(=C(\O)c3ccc(OC(C)C)c(C)c3)C2c2ccc(Cl)cc2)cc1. The van der Waals surface area contributed by atoms with E-state index in [4.69, 9.17) is 21.1 Å². The fraction of sp³-hybridized carbons (Fsp3) is 0.241. The zero-order valence-electron chi connectivity index (χ0n) is 20.6. The Labute approximate surface area is 215 Å². The highest BCUT2D eigenvalue weighted by Gasteiger charge is 2.46. The number of aliphatic hydroxyl groups is 1. The lowest BCUT2D eigenvalue weighted by molar-refractivity contribution is -0.140. The molecule has 1 fully saturated rings. The number of ketones is 1. The van der Waals surface area contributed by atoms with E-state index < -0.39 is 17.7 Å². The van der Waals surface area contributed by atoms with Crippen LogP contribution in [0.15, 0.2) is 72.3 Å². The Balaban J connectivity index is 1.80. The summed E-state index contributed by atoms with van der Waals surface area (Å²) in [5.74, 6) is -0.263. The number of aliphatic hydroxyl groups excluding tert-OH is 1. The molecule has 3 aromatic carbocycles. The molecule has 0 spiro atoms. The molecule has 4 rings (SSSR count). The number of carbonyl (C=O) groups is 2. The fourth-order valence-electron chi connectivity index (χ4n) is 4.30. The minimum Gasteiger partial charge on any atom is -0.507 e. The van der Waals surface area contributed by atoms with Crippen molar-refractivity contribution in [2.24, 2.45) is 0 Å².